The van der Waals surface area contributed by atoms with Crippen LogP contribution in [0.5, 0.6) is 0 Å². The van der Waals surface area contributed by atoms with Crippen molar-refractivity contribution < 1.29 is 9.53 Å². The Labute approximate surface area is 78.4 Å². The molecule has 0 amide bonds. The molecule has 0 atom stereocenters. The summed E-state index contributed by atoms with van der Waals surface area (Å²) in [4.78, 5) is 11.1. The lowest BCUT2D eigenvalue weighted by atomic mass is 10.4. The molecule has 0 bridgehead atoms. The number of carbonyl (C=O) groups is 1. The standard InChI is InChI=1S/C6H7ClN2O2S/c1-2-11-6(10)4-3(7)5(8)12-9-4/h2,8H2,1H3. The maximum absolute atomic E-state index is 11.1. The van der Waals surface area contributed by atoms with Crippen molar-refractivity contribution in [3.8, 4) is 0 Å². The van der Waals surface area contributed by atoms with E-state index >= 15 is 0 Å². The third kappa shape index (κ3) is 1.67. The Bertz CT molecular complexity index is 300. The predicted octanol–water partition coefficient (Wildman–Crippen LogP) is 1.56. The van der Waals surface area contributed by atoms with Gasteiger partial charge in [0.2, 0.25) is 0 Å². The van der Waals surface area contributed by atoms with Gasteiger partial charge in [-0.2, -0.15) is 4.37 Å². The molecule has 66 valence electrons. The van der Waals surface area contributed by atoms with Gasteiger partial charge < -0.3 is 10.5 Å². The van der Waals surface area contributed by atoms with E-state index in [1.807, 2.05) is 0 Å². The first-order chi connectivity index (χ1) is 5.66. The number of anilines is 1. The van der Waals surface area contributed by atoms with E-state index in [1.54, 1.807) is 6.92 Å². The summed E-state index contributed by atoms with van der Waals surface area (Å²) in [5, 5.41) is 0.512. The number of nitrogen functional groups attached to an aromatic ring is 1. The summed E-state index contributed by atoms with van der Waals surface area (Å²) in [6.07, 6.45) is 0. The molecule has 1 aromatic heterocycles. The summed E-state index contributed by atoms with van der Waals surface area (Å²) < 4.78 is 8.43. The normalized spacial score (nSPS) is 9.83. The van der Waals surface area contributed by atoms with Crippen LogP contribution in [0.1, 0.15) is 17.4 Å². The molecule has 0 aliphatic heterocycles. The molecular formula is C6H7ClN2O2S. The molecule has 1 heterocycles. The second-order valence-corrected chi connectivity index (χ2v) is 3.11. The molecule has 0 fully saturated rings. The van der Waals surface area contributed by atoms with E-state index < -0.39 is 5.97 Å². The zero-order chi connectivity index (χ0) is 9.14. The molecule has 12 heavy (non-hydrogen) atoms. The topological polar surface area (TPSA) is 65.2 Å². The van der Waals surface area contributed by atoms with Gasteiger partial charge in [-0.1, -0.05) is 11.6 Å². The van der Waals surface area contributed by atoms with Gasteiger partial charge in [0, 0.05) is 0 Å². The number of aromatic nitrogens is 1. The predicted molar refractivity (Wildman–Crippen MR) is 47.5 cm³/mol. The lowest BCUT2D eigenvalue weighted by Gasteiger charge is -1.96. The van der Waals surface area contributed by atoms with Gasteiger partial charge in [-0.3, -0.25) is 0 Å². The number of nitrogens with two attached hydrogens (primary N) is 1. The van der Waals surface area contributed by atoms with Gasteiger partial charge >= 0.3 is 5.97 Å². The van der Waals surface area contributed by atoms with Crippen LogP contribution in [-0.2, 0) is 4.74 Å². The minimum absolute atomic E-state index is 0.0982. The number of halogens is 1. The average molecular weight is 207 g/mol. The van der Waals surface area contributed by atoms with Crippen molar-refractivity contribution in [1.29, 1.82) is 0 Å². The summed E-state index contributed by atoms with van der Waals surface area (Å²) in [7, 11) is 0. The van der Waals surface area contributed by atoms with Crippen LogP contribution >= 0.6 is 23.1 Å². The van der Waals surface area contributed by atoms with Crippen LogP contribution in [0.3, 0.4) is 0 Å². The maximum atomic E-state index is 11.1. The van der Waals surface area contributed by atoms with E-state index in [4.69, 9.17) is 17.3 Å². The van der Waals surface area contributed by atoms with Crippen LogP contribution in [0.25, 0.3) is 0 Å². The lowest BCUT2D eigenvalue weighted by molar-refractivity contribution is 0.0521. The molecule has 0 aliphatic carbocycles. The van der Waals surface area contributed by atoms with Crippen molar-refractivity contribution in [3.63, 3.8) is 0 Å². The van der Waals surface area contributed by atoms with Gasteiger partial charge in [-0.15, -0.1) is 0 Å². The van der Waals surface area contributed by atoms with Crippen molar-refractivity contribution in [1.82, 2.24) is 4.37 Å². The summed E-state index contributed by atoms with van der Waals surface area (Å²) in [6.45, 7) is 2.01. The molecule has 1 aromatic rings. The number of nitrogens with zero attached hydrogens (tertiary/aromatic N) is 1. The summed E-state index contributed by atoms with van der Waals surface area (Å²) in [6, 6.07) is 0. The van der Waals surface area contributed by atoms with Gasteiger partial charge in [0.25, 0.3) is 0 Å². The number of hydrogen-bond acceptors (Lipinski definition) is 5. The zero-order valence-electron chi connectivity index (χ0n) is 6.33. The first-order valence-corrected chi connectivity index (χ1v) is 4.39. The summed E-state index contributed by atoms with van der Waals surface area (Å²) in [5.41, 5.74) is 5.49. The average Bonchev–Trinajstić information content (AvgIpc) is 2.34. The minimum Gasteiger partial charge on any atom is -0.461 e. The van der Waals surface area contributed by atoms with Gasteiger partial charge in [-0.25, -0.2) is 4.79 Å². The van der Waals surface area contributed by atoms with Crippen molar-refractivity contribution in [2.75, 3.05) is 12.3 Å². The second-order valence-electron chi connectivity index (χ2n) is 1.93. The van der Waals surface area contributed by atoms with E-state index in [1.165, 1.54) is 0 Å². The highest BCUT2D eigenvalue weighted by Gasteiger charge is 2.17. The molecule has 0 saturated heterocycles. The van der Waals surface area contributed by atoms with Gasteiger partial charge in [-0.05, 0) is 18.5 Å². The van der Waals surface area contributed by atoms with E-state index in [9.17, 15) is 4.79 Å². The summed E-state index contributed by atoms with van der Waals surface area (Å²) in [5.74, 6) is -0.532. The number of rotatable bonds is 2. The number of esters is 1. The molecule has 0 saturated carbocycles. The van der Waals surface area contributed by atoms with E-state index in [2.05, 4.69) is 9.11 Å². The molecule has 0 spiro atoms. The fourth-order valence-electron chi connectivity index (χ4n) is 0.618. The largest absolute Gasteiger partial charge is 0.461 e. The highest BCUT2D eigenvalue weighted by Crippen LogP contribution is 2.27. The third-order valence-electron chi connectivity index (χ3n) is 1.13. The minimum atomic E-state index is -0.532. The SMILES string of the molecule is CCOC(=O)c1nsc(N)c1Cl. The van der Waals surface area contributed by atoms with Crippen molar-refractivity contribution in [2.45, 2.75) is 6.92 Å². The second kappa shape index (κ2) is 3.73. The van der Waals surface area contributed by atoms with Gasteiger partial charge in [0.1, 0.15) is 10.0 Å². The Hall–Kier alpha value is -0.810. The molecule has 2 N–H and O–H groups in total. The monoisotopic (exact) mass is 206 g/mol. The highest BCUT2D eigenvalue weighted by molar-refractivity contribution is 7.11. The zero-order valence-corrected chi connectivity index (χ0v) is 7.91. The maximum Gasteiger partial charge on any atom is 0.359 e. The quantitative estimate of drug-likeness (QED) is 0.746. The molecule has 6 heteroatoms. The number of hydrogen-bond donors (Lipinski definition) is 1. The Morgan fingerprint density at radius 3 is 2.92 bits per heavy atom. The fraction of sp³-hybridized carbons (Fsp3) is 0.333. The van der Waals surface area contributed by atoms with E-state index in [-0.39, 0.29) is 10.7 Å². The highest BCUT2D eigenvalue weighted by atomic mass is 35.5. The molecule has 4 nitrogen and oxygen atoms in total. The van der Waals surface area contributed by atoms with E-state index in [0.29, 0.717) is 11.6 Å². The van der Waals surface area contributed by atoms with Gasteiger partial charge in [0.05, 0.1) is 6.61 Å². The van der Waals surface area contributed by atoms with E-state index in [0.717, 1.165) is 11.5 Å². The van der Waals surface area contributed by atoms with Crippen molar-refractivity contribution >= 4 is 34.1 Å². The lowest BCUT2D eigenvalue weighted by Crippen LogP contribution is -2.05. The van der Waals surface area contributed by atoms with Crippen LogP contribution in [0.2, 0.25) is 5.02 Å². The molecule has 1 rings (SSSR count). The Kier molecular flexibility index (Phi) is 2.88. The molecule has 0 radical (unpaired) electrons. The first kappa shape index (κ1) is 9.28. The smallest absolute Gasteiger partial charge is 0.359 e. The molecule has 0 aromatic carbocycles. The van der Waals surface area contributed by atoms with Crippen LogP contribution in [0, 0.1) is 0 Å². The van der Waals surface area contributed by atoms with Crippen molar-refractivity contribution in [2.24, 2.45) is 0 Å². The third-order valence-corrected chi connectivity index (χ3v) is 2.30. The Morgan fingerprint density at radius 1 is 1.83 bits per heavy atom. The Balaban J connectivity index is 2.88. The van der Waals surface area contributed by atoms with Crippen LogP contribution in [0.15, 0.2) is 0 Å². The molecular weight excluding hydrogens is 200 g/mol. The number of carbonyl (C=O) groups excluding carboxylic acids is 1. The van der Waals surface area contributed by atoms with Crippen molar-refractivity contribution in [3.05, 3.63) is 10.7 Å². The van der Waals surface area contributed by atoms with Crippen LogP contribution in [-0.4, -0.2) is 16.9 Å². The Morgan fingerprint density at radius 2 is 2.50 bits per heavy atom. The molecule has 0 aliphatic rings. The van der Waals surface area contributed by atoms with Gasteiger partial charge in [0.15, 0.2) is 5.69 Å². The van der Waals surface area contributed by atoms with Crippen LogP contribution < -0.4 is 5.73 Å². The summed E-state index contributed by atoms with van der Waals surface area (Å²) >= 11 is 6.64. The molecule has 0 unspecified atom stereocenters. The number of ether oxygens (including phenoxy) is 1. The fourth-order valence-corrected chi connectivity index (χ4v) is 1.42. The van der Waals surface area contributed by atoms with Crippen LogP contribution in [0.4, 0.5) is 5.00 Å². The first-order valence-electron chi connectivity index (χ1n) is 3.24.